The van der Waals surface area contributed by atoms with Crippen molar-refractivity contribution in [3.63, 3.8) is 0 Å². The average molecular weight is 373 g/mol. The highest BCUT2D eigenvalue weighted by Crippen LogP contribution is 2.25. The van der Waals surface area contributed by atoms with Crippen LogP contribution in [0.2, 0.25) is 0 Å². The lowest BCUT2D eigenvalue weighted by atomic mass is 10.2. The number of hydrogen-bond acceptors (Lipinski definition) is 3. The maximum absolute atomic E-state index is 13.5. The summed E-state index contributed by atoms with van der Waals surface area (Å²) in [6, 6.07) is 7.43. The Hall–Kier alpha value is -1.60. The van der Waals surface area contributed by atoms with Crippen molar-refractivity contribution in [2.24, 2.45) is 0 Å². The van der Waals surface area contributed by atoms with Crippen LogP contribution in [-0.4, -0.2) is 8.42 Å². The molecule has 0 spiro atoms. The molecule has 0 atom stereocenters. The second kappa shape index (κ2) is 5.65. The molecule has 0 aliphatic heterocycles. The fourth-order valence-corrected chi connectivity index (χ4v) is 3.26. The van der Waals surface area contributed by atoms with Gasteiger partial charge in [-0.05, 0) is 55.3 Å². The smallest absolute Gasteiger partial charge is 0.261 e. The van der Waals surface area contributed by atoms with Gasteiger partial charge in [0.15, 0.2) is 0 Å². The van der Waals surface area contributed by atoms with E-state index in [1.165, 1.54) is 13.0 Å². The fraction of sp³-hybridized carbons (Fsp3) is 0.143. The Labute approximate surface area is 131 Å². The molecule has 7 heteroatoms. The van der Waals surface area contributed by atoms with E-state index < -0.39 is 15.8 Å². The fourth-order valence-electron chi connectivity index (χ4n) is 1.84. The third kappa shape index (κ3) is 3.36. The first-order chi connectivity index (χ1) is 9.70. The minimum Gasteiger partial charge on any atom is -0.396 e. The number of halogens is 2. The van der Waals surface area contributed by atoms with Crippen molar-refractivity contribution >= 4 is 37.3 Å². The van der Waals surface area contributed by atoms with Crippen LogP contribution < -0.4 is 10.5 Å². The van der Waals surface area contributed by atoms with Crippen molar-refractivity contribution in [2.45, 2.75) is 18.7 Å². The number of nitrogens with two attached hydrogens (primary N) is 1. The van der Waals surface area contributed by atoms with Gasteiger partial charge in [0.2, 0.25) is 0 Å². The average Bonchev–Trinajstić information content (AvgIpc) is 2.39. The zero-order chi connectivity index (χ0) is 15.8. The van der Waals surface area contributed by atoms with Crippen LogP contribution in [0, 0.1) is 19.7 Å². The van der Waals surface area contributed by atoms with Gasteiger partial charge in [0, 0.05) is 10.2 Å². The molecule has 0 radical (unpaired) electrons. The van der Waals surface area contributed by atoms with E-state index in [2.05, 4.69) is 20.7 Å². The van der Waals surface area contributed by atoms with Crippen molar-refractivity contribution in [1.29, 1.82) is 0 Å². The van der Waals surface area contributed by atoms with Gasteiger partial charge in [-0.15, -0.1) is 0 Å². The van der Waals surface area contributed by atoms with Gasteiger partial charge in [-0.1, -0.05) is 15.9 Å². The number of rotatable bonds is 3. The van der Waals surface area contributed by atoms with Crippen molar-refractivity contribution in [3.8, 4) is 0 Å². The lowest BCUT2D eigenvalue weighted by molar-refractivity contribution is 0.599. The van der Waals surface area contributed by atoms with Crippen LogP contribution in [0.15, 0.2) is 39.7 Å². The predicted molar refractivity (Wildman–Crippen MR) is 85.2 cm³/mol. The highest BCUT2D eigenvalue weighted by molar-refractivity contribution is 9.10. The molecule has 0 bridgehead atoms. The number of sulfonamides is 1. The van der Waals surface area contributed by atoms with Gasteiger partial charge in [-0.3, -0.25) is 4.72 Å². The van der Waals surface area contributed by atoms with E-state index in [4.69, 9.17) is 5.73 Å². The first-order valence-corrected chi connectivity index (χ1v) is 8.33. The summed E-state index contributed by atoms with van der Waals surface area (Å²) in [7, 11) is -3.82. The molecule has 2 rings (SSSR count). The molecule has 0 saturated heterocycles. The molecule has 0 amide bonds. The third-order valence-electron chi connectivity index (χ3n) is 2.98. The topological polar surface area (TPSA) is 72.2 Å². The molecule has 3 N–H and O–H groups in total. The van der Waals surface area contributed by atoms with E-state index in [-0.39, 0.29) is 16.1 Å². The normalized spacial score (nSPS) is 11.4. The molecule has 0 saturated carbocycles. The van der Waals surface area contributed by atoms with E-state index in [1.807, 2.05) is 6.92 Å². The maximum Gasteiger partial charge on any atom is 0.261 e. The second-order valence-electron chi connectivity index (χ2n) is 4.71. The number of hydrogen-bond donors (Lipinski definition) is 2. The predicted octanol–water partition coefficient (Wildman–Crippen LogP) is 3.59. The number of nitrogens with one attached hydrogen (secondary N) is 1. The first-order valence-electron chi connectivity index (χ1n) is 6.05. The van der Waals surface area contributed by atoms with Crippen LogP contribution in [-0.2, 0) is 10.0 Å². The Morgan fingerprint density at radius 1 is 1.14 bits per heavy atom. The van der Waals surface area contributed by atoms with E-state index in [0.717, 1.165) is 16.1 Å². The monoisotopic (exact) mass is 372 g/mol. The first kappa shape index (κ1) is 15.8. The van der Waals surface area contributed by atoms with Gasteiger partial charge in [0.1, 0.15) is 5.82 Å². The molecular formula is C14H14BrFN2O2S. The molecule has 0 unspecified atom stereocenters. The molecule has 0 aliphatic rings. The minimum absolute atomic E-state index is 0.0699. The molecular weight excluding hydrogens is 359 g/mol. The molecule has 0 heterocycles. The highest BCUT2D eigenvalue weighted by atomic mass is 79.9. The largest absolute Gasteiger partial charge is 0.396 e. The van der Waals surface area contributed by atoms with Crippen molar-refractivity contribution in [2.75, 3.05) is 10.5 Å². The summed E-state index contributed by atoms with van der Waals surface area (Å²) in [6.45, 7) is 3.32. The molecule has 2 aromatic carbocycles. The van der Waals surface area contributed by atoms with E-state index >= 15 is 0 Å². The van der Waals surface area contributed by atoms with Crippen LogP contribution in [0.1, 0.15) is 11.1 Å². The van der Waals surface area contributed by atoms with Crippen LogP contribution in [0.5, 0.6) is 0 Å². The quantitative estimate of drug-likeness (QED) is 0.808. The number of benzene rings is 2. The molecule has 0 aromatic heterocycles. The Morgan fingerprint density at radius 3 is 2.38 bits per heavy atom. The Morgan fingerprint density at radius 2 is 1.81 bits per heavy atom. The van der Waals surface area contributed by atoms with E-state index in [1.54, 1.807) is 18.2 Å². The SMILES string of the molecule is Cc1cc(NS(=O)(=O)c2cc(C)c(F)c(N)c2)ccc1Br. The van der Waals surface area contributed by atoms with Crippen LogP contribution in [0.3, 0.4) is 0 Å². The summed E-state index contributed by atoms with van der Waals surface area (Å²) in [4.78, 5) is -0.0699. The number of aryl methyl sites for hydroxylation is 2. The van der Waals surface area contributed by atoms with Gasteiger partial charge in [0.25, 0.3) is 10.0 Å². The molecule has 21 heavy (non-hydrogen) atoms. The minimum atomic E-state index is -3.82. The summed E-state index contributed by atoms with van der Waals surface area (Å²) >= 11 is 3.35. The van der Waals surface area contributed by atoms with E-state index in [9.17, 15) is 12.8 Å². The molecule has 2 aromatic rings. The molecule has 0 aliphatic carbocycles. The van der Waals surface area contributed by atoms with Gasteiger partial charge in [-0.2, -0.15) is 0 Å². The van der Waals surface area contributed by atoms with Crippen LogP contribution in [0.4, 0.5) is 15.8 Å². The summed E-state index contributed by atoms with van der Waals surface area (Å²) in [6.07, 6.45) is 0. The highest BCUT2D eigenvalue weighted by Gasteiger charge is 2.17. The van der Waals surface area contributed by atoms with Crippen molar-refractivity contribution in [3.05, 3.63) is 51.7 Å². The van der Waals surface area contributed by atoms with Gasteiger partial charge < -0.3 is 5.73 Å². The van der Waals surface area contributed by atoms with Gasteiger partial charge >= 0.3 is 0 Å². The van der Waals surface area contributed by atoms with E-state index in [0.29, 0.717) is 5.69 Å². The maximum atomic E-state index is 13.5. The van der Waals surface area contributed by atoms with Crippen molar-refractivity contribution in [1.82, 2.24) is 0 Å². The Kier molecular flexibility index (Phi) is 4.25. The van der Waals surface area contributed by atoms with Crippen LogP contribution >= 0.6 is 15.9 Å². The number of nitrogen functional groups attached to an aromatic ring is 1. The molecule has 4 nitrogen and oxygen atoms in total. The summed E-state index contributed by atoms with van der Waals surface area (Å²) in [5, 5.41) is 0. The van der Waals surface area contributed by atoms with Crippen LogP contribution in [0.25, 0.3) is 0 Å². The lowest BCUT2D eigenvalue weighted by Gasteiger charge is -2.11. The van der Waals surface area contributed by atoms with Gasteiger partial charge in [0.05, 0.1) is 10.6 Å². The zero-order valence-electron chi connectivity index (χ0n) is 11.4. The Balaban J connectivity index is 2.40. The Bertz CT molecular complexity index is 784. The summed E-state index contributed by atoms with van der Waals surface area (Å²) < 4.78 is 41.4. The third-order valence-corrected chi connectivity index (χ3v) is 5.23. The summed E-state index contributed by atoms with van der Waals surface area (Å²) in [5.74, 6) is -0.603. The molecule has 0 fully saturated rings. The molecule has 112 valence electrons. The summed E-state index contributed by atoms with van der Waals surface area (Å²) in [5.41, 5.74) is 6.79. The second-order valence-corrected chi connectivity index (χ2v) is 7.25. The number of anilines is 2. The standard InChI is InChI=1S/C14H14BrFN2O2S/c1-8-5-10(3-4-12(8)15)18-21(19,20)11-6-9(2)14(16)13(17)7-11/h3-7,18H,17H2,1-2H3. The zero-order valence-corrected chi connectivity index (χ0v) is 13.8. The van der Waals surface area contributed by atoms with Gasteiger partial charge in [-0.25, -0.2) is 12.8 Å². The lowest BCUT2D eigenvalue weighted by Crippen LogP contribution is -2.14. The van der Waals surface area contributed by atoms with Crippen molar-refractivity contribution < 1.29 is 12.8 Å².